The topological polar surface area (TPSA) is 77.0 Å². The number of aromatic nitrogens is 3. The molecule has 84 valence electrons. The third kappa shape index (κ3) is 1.90. The van der Waals surface area contributed by atoms with Gasteiger partial charge in [0.1, 0.15) is 11.9 Å². The monoisotopic (exact) mass is 218 g/mol. The lowest BCUT2D eigenvalue weighted by Crippen LogP contribution is -2.07. The summed E-state index contributed by atoms with van der Waals surface area (Å²) in [4.78, 5) is 4.02. The largest absolute Gasteiger partial charge is 0.383 e. The molecule has 0 amide bonds. The van der Waals surface area contributed by atoms with Crippen LogP contribution in [0.1, 0.15) is 22.9 Å². The van der Waals surface area contributed by atoms with E-state index < -0.39 is 6.10 Å². The van der Waals surface area contributed by atoms with E-state index in [1.54, 1.807) is 30.2 Å². The van der Waals surface area contributed by atoms with Gasteiger partial charge in [-0.05, 0) is 24.6 Å². The first-order chi connectivity index (χ1) is 7.58. The summed E-state index contributed by atoms with van der Waals surface area (Å²) < 4.78 is 1.64. The predicted octanol–water partition coefficient (Wildman–Crippen LogP) is 0.787. The van der Waals surface area contributed by atoms with Crippen LogP contribution in [0.5, 0.6) is 0 Å². The molecular formula is C11H14N4O. The summed E-state index contributed by atoms with van der Waals surface area (Å²) >= 11 is 0. The molecule has 5 nitrogen and oxygen atoms in total. The number of nitrogens with two attached hydrogens (primary N) is 1. The standard InChI is InChI=1S/C11H14N4O/c1-7-5-8(11(12)13-6-7)10(16)9-3-4-15(2)14-9/h3-6,10,16H,1-2H3,(H2,12,13). The van der Waals surface area contributed by atoms with Crippen LogP contribution >= 0.6 is 0 Å². The number of hydrogen-bond donors (Lipinski definition) is 2. The third-order valence-corrected chi connectivity index (χ3v) is 2.40. The highest BCUT2D eigenvalue weighted by Gasteiger charge is 2.16. The molecule has 2 rings (SSSR count). The van der Waals surface area contributed by atoms with Crippen molar-refractivity contribution in [3.63, 3.8) is 0 Å². The Kier molecular flexibility index (Phi) is 2.62. The Morgan fingerprint density at radius 1 is 1.50 bits per heavy atom. The zero-order valence-electron chi connectivity index (χ0n) is 9.25. The van der Waals surface area contributed by atoms with E-state index in [0.717, 1.165) is 5.56 Å². The molecule has 2 heterocycles. The van der Waals surface area contributed by atoms with Crippen molar-refractivity contribution < 1.29 is 5.11 Å². The number of hydrogen-bond acceptors (Lipinski definition) is 4. The molecule has 0 saturated carbocycles. The normalized spacial score (nSPS) is 12.7. The molecule has 5 heteroatoms. The molecule has 0 bridgehead atoms. The van der Waals surface area contributed by atoms with Gasteiger partial charge in [-0.15, -0.1) is 0 Å². The first-order valence-corrected chi connectivity index (χ1v) is 4.97. The Hall–Kier alpha value is -1.88. The van der Waals surface area contributed by atoms with E-state index in [-0.39, 0.29) is 0 Å². The summed E-state index contributed by atoms with van der Waals surface area (Å²) in [6.45, 7) is 1.90. The first-order valence-electron chi connectivity index (χ1n) is 4.97. The van der Waals surface area contributed by atoms with Gasteiger partial charge in [-0.25, -0.2) is 4.98 Å². The van der Waals surface area contributed by atoms with Crippen molar-refractivity contribution in [3.8, 4) is 0 Å². The summed E-state index contributed by atoms with van der Waals surface area (Å²) in [5.74, 6) is 0.337. The van der Waals surface area contributed by atoms with E-state index in [4.69, 9.17) is 5.73 Å². The first kappa shape index (κ1) is 10.6. The van der Waals surface area contributed by atoms with E-state index in [0.29, 0.717) is 17.1 Å². The molecular weight excluding hydrogens is 204 g/mol. The number of pyridine rings is 1. The average molecular weight is 218 g/mol. The van der Waals surface area contributed by atoms with Crippen molar-refractivity contribution in [2.24, 2.45) is 7.05 Å². The van der Waals surface area contributed by atoms with Crippen molar-refractivity contribution in [1.82, 2.24) is 14.8 Å². The molecule has 2 aromatic heterocycles. The van der Waals surface area contributed by atoms with Gasteiger partial charge in [0, 0.05) is 25.0 Å². The number of aliphatic hydroxyl groups is 1. The van der Waals surface area contributed by atoms with Crippen LogP contribution in [-0.2, 0) is 7.05 Å². The quantitative estimate of drug-likeness (QED) is 0.781. The summed E-state index contributed by atoms with van der Waals surface area (Å²) in [5, 5.41) is 14.3. The van der Waals surface area contributed by atoms with E-state index in [1.165, 1.54) is 0 Å². The maximum atomic E-state index is 10.1. The smallest absolute Gasteiger partial charge is 0.129 e. The summed E-state index contributed by atoms with van der Waals surface area (Å²) in [6, 6.07) is 3.58. The lowest BCUT2D eigenvalue weighted by atomic mass is 10.1. The molecule has 1 atom stereocenters. The zero-order valence-corrected chi connectivity index (χ0v) is 9.25. The third-order valence-electron chi connectivity index (χ3n) is 2.40. The molecule has 0 spiro atoms. The molecule has 3 N–H and O–H groups in total. The molecule has 0 fully saturated rings. The molecule has 0 aliphatic rings. The fourth-order valence-corrected chi connectivity index (χ4v) is 1.56. The second kappa shape index (κ2) is 3.94. The predicted molar refractivity (Wildman–Crippen MR) is 60.7 cm³/mol. The van der Waals surface area contributed by atoms with Crippen LogP contribution in [-0.4, -0.2) is 19.9 Å². The van der Waals surface area contributed by atoms with Gasteiger partial charge in [0.15, 0.2) is 0 Å². The van der Waals surface area contributed by atoms with Gasteiger partial charge in [0.25, 0.3) is 0 Å². The summed E-state index contributed by atoms with van der Waals surface area (Å²) in [6.07, 6.45) is 2.62. The summed E-state index contributed by atoms with van der Waals surface area (Å²) in [7, 11) is 1.80. The second-order valence-corrected chi connectivity index (χ2v) is 3.80. The van der Waals surface area contributed by atoms with Gasteiger partial charge in [-0.1, -0.05) is 0 Å². The highest BCUT2D eigenvalue weighted by molar-refractivity contribution is 5.44. The van der Waals surface area contributed by atoms with E-state index in [9.17, 15) is 5.11 Å². The van der Waals surface area contributed by atoms with Gasteiger partial charge in [0.05, 0.1) is 5.69 Å². The van der Waals surface area contributed by atoms with Crippen molar-refractivity contribution in [2.45, 2.75) is 13.0 Å². The SMILES string of the molecule is Cc1cnc(N)c(C(O)c2ccn(C)n2)c1. The molecule has 0 radical (unpaired) electrons. The van der Waals surface area contributed by atoms with E-state index in [2.05, 4.69) is 10.1 Å². The fraction of sp³-hybridized carbons (Fsp3) is 0.273. The number of anilines is 1. The van der Waals surface area contributed by atoms with E-state index >= 15 is 0 Å². The Morgan fingerprint density at radius 3 is 2.88 bits per heavy atom. The molecule has 16 heavy (non-hydrogen) atoms. The average Bonchev–Trinajstić information content (AvgIpc) is 2.67. The van der Waals surface area contributed by atoms with Crippen molar-refractivity contribution in [3.05, 3.63) is 41.3 Å². The van der Waals surface area contributed by atoms with Gasteiger partial charge < -0.3 is 10.8 Å². The van der Waals surface area contributed by atoms with Gasteiger partial charge >= 0.3 is 0 Å². The molecule has 0 aliphatic carbocycles. The maximum absolute atomic E-state index is 10.1. The van der Waals surface area contributed by atoms with Gasteiger partial charge in [-0.2, -0.15) is 5.10 Å². The van der Waals surface area contributed by atoms with E-state index in [1.807, 2.05) is 13.0 Å². The Morgan fingerprint density at radius 2 is 2.25 bits per heavy atom. The minimum Gasteiger partial charge on any atom is -0.383 e. The van der Waals surface area contributed by atoms with Crippen LogP contribution in [0.2, 0.25) is 0 Å². The van der Waals surface area contributed by atoms with Crippen LogP contribution in [0.4, 0.5) is 5.82 Å². The van der Waals surface area contributed by atoms with Crippen LogP contribution in [0.3, 0.4) is 0 Å². The van der Waals surface area contributed by atoms with Crippen LogP contribution in [0.25, 0.3) is 0 Å². The molecule has 0 aromatic carbocycles. The Balaban J connectivity index is 2.40. The minimum atomic E-state index is -0.825. The molecule has 2 aromatic rings. The lowest BCUT2D eigenvalue weighted by Gasteiger charge is -2.11. The zero-order chi connectivity index (χ0) is 11.7. The second-order valence-electron chi connectivity index (χ2n) is 3.80. The molecule has 0 saturated heterocycles. The van der Waals surface area contributed by atoms with Crippen molar-refractivity contribution in [1.29, 1.82) is 0 Å². The number of nitrogen functional groups attached to an aromatic ring is 1. The van der Waals surface area contributed by atoms with Crippen molar-refractivity contribution in [2.75, 3.05) is 5.73 Å². The fourth-order valence-electron chi connectivity index (χ4n) is 1.56. The number of aliphatic hydroxyl groups excluding tert-OH is 1. The highest BCUT2D eigenvalue weighted by atomic mass is 16.3. The number of nitrogens with zero attached hydrogens (tertiary/aromatic N) is 3. The van der Waals surface area contributed by atoms with Gasteiger partial charge in [0.2, 0.25) is 0 Å². The van der Waals surface area contributed by atoms with Crippen LogP contribution in [0, 0.1) is 6.92 Å². The Bertz CT molecular complexity index is 506. The van der Waals surface area contributed by atoms with Crippen molar-refractivity contribution >= 4 is 5.82 Å². The van der Waals surface area contributed by atoms with Gasteiger partial charge in [-0.3, -0.25) is 4.68 Å². The number of rotatable bonds is 2. The number of aryl methyl sites for hydroxylation is 2. The highest BCUT2D eigenvalue weighted by Crippen LogP contribution is 2.24. The minimum absolute atomic E-state index is 0.337. The lowest BCUT2D eigenvalue weighted by molar-refractivity contribution is 0.214. The molecule has 1 unspecified atom stereocenters. The summed E-state index contributed by atoms with van der Waals surface area (Å²) in [5.41, 5.74) is 7.85. The van der Waals surface area contributed by atoms with Crippen LogP contribution < -0.4 is 5.73 Å². The maximum Gasteiger partial charge on any atom is 0.129 e. The molecule has 0 aliphatic heterocycles. The van der Waals surface area contributed by atoms with Crippen LogP contribution in [0.15, 0.2) is 24.5 Å². The Labute approximate surface area is 93.5 Å².